The molecule has 0 saturated carbocycles. The van der Waals surface area contributed by atoms with Crippen LogP contribution in [0.15, 0.2) is 41.3 Å². The van der Waals surface area contributed by atoms with Gasteiger partial charge in [-0.15, -0.1) is 0 Å². The van der Waals surface area contributed by atoms with Gasteiger partial charge < -0.3 is 10.4 Å². The van der Waals surface area contributed by atoms with Crippen molar-refractivity contribution >= 4 is 46.2 Å². The first-order valence-corrected chi connectivity index (χ1v) is 9.33. The normalized spacial score (nSPS) is 11.5. The van der Waals surface area contributed by atoms with Gasteiger partial charge in [0.2, 0.25) is 5.75 Å². The molecule has 0 bridgehead atoms. The third kappa shape index (κ3) is 4.97. The topological polar surface area (TPSA) is 101 Å². The van der Waals surface area contributed by atoms with Crippen LogP contribution in [0.25, 0.3) is 5.65 Å². The summed E-state index contributed by atoms with van der Waals surface area (Å²) in [4.78, 5) is 39.9. The molecule has 0 unspecified atom stereocenters. The molecule has 3 rings (SSSR count). The average molecular weight is 474 g/mol. The summed E-state index contributed by atoms with van der Waals surface area (Å²) in [6.45, 7) is 0. The number of carbonyl (C=O) groups is 2. The van der Waals surface area contributed by atoms with Gasteiger partial charge in [0, 0.05) is 12.6 Å². The number of Topliss-reactive ketones (excluding diaryl/α,β-unsaturated/α-hetero) is 1. The monoisotopic (exact) mass is 473 g/mol. The van der Waals surface area contributed by atoms with Gasteiger partial charge in [-0.2, -0.15) is 13.2 Å². The first kappa shape index (κ1) is 22.6. The Bertz CT molecular complexity index is 1260. The van der Waals surface area contributed by atoms with Crippen molar-refractivity contribution in [3.63, 3.8) is 0 Å². The van der Waals surface area contributed by atoms with Gasteiger partial charge >= 0.3 is 17.6 Å². The number of amides is 1. The van der Waals surface area contributed by atoms with Crippen molar-refractivity contribution in [1.82, 2.24) is 9.38 Å². The van der Waals surface area contributed by atoms with Gasteiger partial charge in [-0.3, -0.25) is 18.8 Å². The average Bonchev–Trinajstić information content (AvgIpc) is 2.71. The van der Waals surface area contributed by atoms with Crippen molar-refractivity contribution in [1.29, 1.82) is 0 Å². The fourth-order valence-corrected chi connectivity index (χ4v) is 2.99. The minimum absolute atomic E-state index is 0.103. The Morgan fingerprint density at radius 2 is 1.84 bits per heavy atom. The molecule has 0 spiro atoms. The minimum Gasteiger partial charge on any atom is -0.501 e. The van der Waals surface area contributed by atoms with E-state index >= 15 is 0 Å². The van der Waals surface area contributed by atoms with E-state index in [-0.39, 0.29) is 24.2 Å². The van der Waals surface area contributed by atoms with Crippen LogP contribution in [0.4, 0.5) is 18.9 Å². The first-order valence-electron chi connectivity index (χ1n) is 8.58. The van der Waals surface area contributed by atoms with Crippen LogP contribution >= 0.6 is 23.2 Å². The first-order chi connectivity index (χ1) is 14.5. The molecule has 0 fully saturated rings. The largest absolute Gasteiger partial charge is 0.501 e. The zero-order valence-electron chi connectivity index (χ0n) is 15.3. The summed E-state index contributed by atoms with van der Waals surface area (Å²) in [5.74, 6) is -3.82. The number of fused-ring (bicyclic) bond motifs is 1. The van der Waals surface area contributed by atoms with E-state index in [1.54, 1.807) is 23.5 Å². The summed E-state index contributed by atoms with van der Waals surface area (Å²) in [5.41, 5.74) is -1.31. The van der Waals surface area contributed by atoms with Crippen LogP contribution in [-0.2, 0) is 11.2 Å². The highest BCUT2D eigenvalue weighted by Crippen LogP contribution is 2.24. The van der Waals surface area contributed by atoms with E-state index in [4.69, 9.17) is 23.2 Å². The zero-order valence-corrected chi connectivity index (χ0v) is 16.8. The summed E-state index contributed by atoms with van der Waals surface area (Å²) < 4.78 is 37.9. The van der Waals surface area contributed by atoms with Gasteiger partial charge in [0.15, 0.2) is 11.5 Å². The molecule has 31 heavy (non-hydrogen) atoms. The lowest BCUT2D eigenvalue weighted by molar-refractivity contribution is -0.167. The molecule has 162 valence electrons. The van der Waals surface area contributed by atoms with Gasteiger partial charge in [-0.1, -0.05) is 29.3 Å². The van der Waals surface area contributed by atoms with E-state index in [0.29, 0.717) is 15.6 Å². The maximum Gasteiger partial charge on any atom is 0.471 e. The van der Waals surface area contributed by atoms with Gasteiger partial charge in [0.05, 0.1) is 15.7 Å². The van der Waals surface area contributed by atoms with Crippen molar-refractivity contribution in [2.24, 2.45) is 0 Å². The second-order valence-electron chi connectivity index (χ2n) is 6.38. The van der Waals surface area contributed by atoms with Crippen LogP contribution in [0.5, 0.6) is 5.75 Å². The fraction of sp³-hybridized carbons (Fsp3) is 0.158. The summed E-state index contributed by atoms with van der Waals surface area (Å²) >= 11 is 11.8. The highest BCUT2D eigenvalue weighted by atomic mass is 35.5. The van der Waals surface area contributed by atoms with Crippen molar-refractivity contribution in [2.75, 3.05) is 5.32 Å². The summed E-state index contributed by atoms with van der Waals surface area (Å²) in [5, 5.41) is 12.4. The molecule has 0 radical (unpaired) electrons. The number of carbonyl (C=O) groups excluding carboxylic acids is 2. The molecule has 0 aliphatic heterocycles. The van der Waals surface area contributed by atoms with Crippen LogP contribution in [0.1, 0.15) is 22.5 Å². The van der Waals surface area contributed by atoms with Crippen LogP contribution in [0, 0.1) is 0 Å². The Labute approximate surface area is 182 Å². The molecule has 3 aromatic rings. The molecule has 0 atom stereocenters. The standard InChI is InChI=1S/C19H12Cl2F3N3O4/c20-11-4-1-9(7-12(11)21)2-5-13(28)15-16(29)17(30)27-8-10(3-6-14(27)26-15)25-18(31)19(22,23)24/h1,3-4,6-8,29H,2,5H2,(H,25,31). The van der Waals surface area contributed by atoms with Crippen molar-refractivity contribution in [3.05, 3.63) is 68.2 Å². The molecule has 1 aromatic carbocycles. The molecular formula is C19H12Cl2F3N3O4. The number of aromatic hydroxyl groups is 1. The Kier molecular flexibility index (Phi) is 6.23. The number of alkyl halides is 3. The maximum absolute atomic E-state index is 12.5. The highest BCUT2D eigenvalue weighted by molar-refractivity contribution is 6.42. The number of benzene rings is 1. The van der Waals surface area contributed by atoms with Crippen molar-refractivity contribution in [2.45, 2.75) is 19.0 Å². The van der Waals surface area contributed by atoms with Gasteiger partial charge in [0.1, 0.15) is 5.65 Å². The lowest BCUT2D eigenvalue weighted by atomic mass is 10.1. The number of ketones is 1. The highest BCUT2D eigenvalue weighted by Gasteiger charge is 2.38. The van der Waals surface area contributed by atoms with Crippen molar-refractivity contribution in [3.8, 4) is 5.75 Å². The number of pyridine rings is 1. The third-order valence-corrected chi connectivity index (χ3v) is 4.94. The molecule has 1 amide bonds. The number of aryl methyl sites for hydroxylation is 1. The third-order valence-electron chi connectivity index (χ3n) is 4.20. The lowest BCUT2D eigenvalue weighted by Crippen LogP contribution is -2.30. The van der Waals surface area contributed by atoms with E-state index in [0.717, 1.165) is 22.7 Å². The number of aromatic nitrogens is 2. The van der Waals surface area contributed by atoms with E-state index < -0.39 is 34.9 Å². The van der Waals surface area contributed by atoms with E-state index in [1.165, 1.54) is 0 Å². The SMILES string of the molecule is O=C(CCc1ccc(Cl)c(Cl)c1)c1nc2ccc(NC(=O)C(F)(F)F)cn2c(=O)c1O. The van der Waals surface area contributed by atoms with Crippen molar-refractivity contribution < 1.29 is 27.9 Å². The van der Waals surface area contributed by atoms with Crippen LogP contribution in [0.2, 0.25) is 10.0 Å². The van der Waals surface area contributed by atoms with Crippen LogP contribution in [0.3, 0.4) is 0 Å². The van der Waals surface area contributed by atoms with Gasteiger partial charge in [-0.25, -0.2) is 4.98 Å². The maximum atomic E-state index is 12.5. The van der Waals surface area contributed by atoms with E-state index in [9.17, 15) is 32.7 Å². The molecule has 0 saturated heterocycles. The van der Waals surface area contributed by atoms with Gasteiger partial charge in [0.25, 0.3) is 0 Å². The number of nitrogens with zero attached hydrogens (tertiary/aromatic N) is 2. The minimum atomic E-state index is -5.12. The Hall–Kier alpha value is -3.11. The Morgan fingerprint density at radius 3 is 2.48 bits per heavy atom. The quantitative estimate of drug-likeness (QED) is 0.545. The lowest BCUT2D eigenvalue weighted by Gasteiger charge is -2.10. The number of hydrogen-bond acceptors (Lipinski definition) is 5. The fourth-order valence-electron chi connectivity index (χ4n) is 2.67. The molecule has 2 aromatic heterocycles. The number of anilines is 1. The zero-order chi connectivity index (χ0) is 22.9. The molecule has 0 aliphatic rings. The number of hydrogen-bond donors (Lipinski definition) is 2. The summed E-state index contributed by atoms with van der Waals surface area (Å²) in [7, 11) is 0. The molecule has 0 aliphatic carbocycles. The smallest absolute Gasteiger partial charge is 0.471 e. The summed E-state index contributed by atoms with van der Waals surface area (Å²) in [6.07, 6.45) is -4.13. The number of halogens is 5. The molecular weight excluding hydrogens is 462 g/mol. The molecule has 7 nitrogen and oxygen atoms in total. The molecule has 2 heterocycles. The molecule has 2 N–H and O–H groups in total. The van der Waals surface area contributed by atoms with Crippen LogP contribution < -0.4 is 10.9 Å². The van der Waals surface area contributed by atoms with Gasteiger partial charge in [-0.05, 0) is 36.2 Å². The van der Waals surface area contributed by atoms with E-state index in [1.807, 2.05) is 0 Å². The number of rotatable bonds is 5. The summed E-state index contributed by atoms with van der Waals surface area (Å²) in [6, 6.07) is 7.02. The second-order valence-corrected chi connectivity index (χ2v) is 7.20. The Morgan fingerprint density at radius 1 is 1.13 bits per heavy atom. The molecule has 12 heteroatoms. The second kappa shape index (κ2) is 8.56. The van der Waals surface area contributed by atoms with E-state index in [2.05, 4.69) is 4.98 Å². The predicted molar refractivity (Wildman–Crippen MR) is 107 cm³/mol. The Balaban J connectivity index is 1.86. The predicted octanol–water partition coefficient (Wildman–Crippen LogP) is 4.02. The van der Waals surface area contributed by atoms with Crippen LogP contribution in [-0.4, -0.2) is 32.4 Å². The number of nitrogens with one attached hydrogen (secondary N) is 1.